The number of aryl methyl sites for hydroxylation is 1. The van der Waals surface area contributed by atoms with Gasteiger partial charge in [-0.1, -0.05) is 57.7 Å². The van der Waals surface area contributed by atoms with Gasteiger partial charge in [-0.05, 0) is 90.8 Å². The largest absolute Gasteiger partial charge is 0.490 e. The van der Waals surface area contributed by atoms with Crippen molar-refractivity contribution in [2.75, 3.05) is 0 Å². The lowest BCUT2D eigenvalue weighted by molar-refractivity contribution is -0.118. The van der Waals surface area contributed by atoms with E-state index in [4.69, 9.17) is 4.74 Å². The Hall–Kier alpha value is -2.27. The zero-order valence-corrected chi connectivity index (χ0v) is 21.6. The number of benzene rings is 2. The lowest BCUT2D eigenvalue weighted by Crippen LogP contribution is -2.34. The third-order valence-corrected chi connectivity index (χ3v) is 8.07. The number of imide groups is 1. The first-order valence-electron chi connectivity index (χ1n) is 11.8. The van der Waals surface area contributed by atoms with Gasteiger partial charge in [0, 0.05) is 5.56 Å². The van der Waals surface area contributed by atoms with Crippen molar-refractivity contribution in [2.45, 2.75) is 89.9 Å². The number of fused-ring (bicyclic) bond motifs is 1. The summed E-state index contributed by atoms with van der Waals surface area (Å²) in [5.41, 5.74) is 7.70. The number of thioether (sulfide) groups is 1. The Balaban J connectivity index is 1.78. The van der Waals surface area contributed by atoms with E-state index in [0.717, 1.165) is 28.6 Å². The van der Waals surface area contributed by atoms with Crippen molar-refractivity contribution in [1.82, 2.24) is 5.32 Å². The van der Waals surface area contributed by atoms with E-state index in [1.54, 1.807) is 0 Å². The summed E-state index contributed by atoms with van der Waals surface area (Å²) in [7, 11) is 0. The van der Waals surface area contributed by atoms with Crippen LogP contribution in [-0.2, 0) is 22.0 Å². The van der Waals surface area contributed by atoms with Gasteiger partial charge in [-0.15, -0.1) is 0 Å². The molecule has 1 fully saturated rings. The highest BCUT2D eigenvalue weighted by molar-refractivity contribution is 8.15. The second-order valence-electron chi connectivity index (χ2n) is 11.1. The molecule has 2 aliphatic rings. The van der Waals surface area contributed by atoms with Gasteiger partial charge in [0.1, 0.15) is 5.75 Å². The molecular weight excluding hydrogens is 430 g/mol. The molecule has 1 heterocycles. The predicted molar refractivity (Wildman–Crippen MR) is 136 cm³/mol. The highest BCUT2D eigenvalue weighted by atomic mass is 32.2. The molecule has 1 aliphatic carbocycles. The number of amides is 2. The fraction of sp³-hybridized carbons (Fsp3) is 0.500. The fourth-order valence-electron chi connectivity index (χ4n) is 5.02. The number of hydrogen-bond donors (Lipinski definition) is 1. The molecule has 33 heavy (non-hydrogen) atoms. The number of hydrogen-bond acceptors (Lipinski definition) is 4. The summed E-state index contributed by atoms with van der Waals surface area (Å²) in [5.74, 6) is 0.615. The van der Waals surface area contributed by atoms with E-state index in [2.05, 4.69) is 64.2 Å². The number of rotatable bonds is 5. The molecule has 0 saturated carbocycles. The van der Waals surface area contributed by atoms with Crippen LogP contribution in [0.4, 0.5) is 4.79 Å². The summed E-state index contributed by atoms with van der Waals surface area (Å²) in [6.07, 6.45) is 2.89. The third kappa shape index (κ3) is 4.70. The summed E-state index contributed by atoms with van der Waals surface area (Å²) in [4.78, 5) is 23.6. The van der Waals surface area contributed by atoms with E-state index < -0.39 is 0 Å². The van der Waals surface area contributed by atoms with E-state index in [1.807, 2.05) is 19.9 Å². The molecule has 2 aromatic carbocycles. The molecule has 1 aliphatic heterocycles. The first-order chi connectivity index (χ1) is 15.4. The van der Waals surface area contributed by atoms with Crippen molar-refractivity contribution in [3.8, 4) is 16.9 Å². The molecule has 1 saturated heterocycles. The van der Waals surface area contributed by atoms with Crippen LogP contribution in [0.15, 0.2) is 30.3 Å². The second-order valence-corrected chi connectivity index (χ2v) is 12.2. The van der Waals surface area contributed by atoms with E-state index in [1.165, 1.54) is 35.1 Å². The number of nitrogens with one attached hydrogen (secondary N) is 1. The topological polar surface area (TPSA) is 55.4 Å². The molecule has 1 unspecified atom stereocenters. The minimum atomic E-state index is -0.385. The Labute approximate surface area is 201 Å². The standard InChI is InChI=1S/C28H35NO3S/c1-16(2)32-23-13-18(14-24-25(30)29-26(31)33-24)8-9-19(23)20-15-22-21(12-17(20)3)27(4,5)10-11-28(22,6)7/h8-9,12-13,15-16,24H,10-11,14H2,1-7H3,(H,29,30,31). The van der Waals surface area contributed by atoms with E-state index in [9.17, 15) is 9.59 Å². The Kier molecular flexibility index (Phi) is 6.15. The van der Waals surface area contributed by atoms with Crippen molar-refractivity contribution in [1.29, 1.82) is 0 Å². The SMILES string of the molecule is Cc1cc2c(cc1-c1ccc(CC3SC(=O)NC3=O)cc1OC(C)C)C(C)(C)CCC2(C)C. The number of ether oxygens (including phenoxy) is 1. The van der Waals surface area contributed by atoms with Gasteiger partial charge < -0.3 is 4.74 Å². The number of carbonyl (C=O) groups is 2. The Morgan fingerprint density at radius 2 is 1.64 bits per heavy atom. The van der Waals surface area contributed by atoms with Gasteiger partial charge in [-0.25, -0.2) is 0 Å². The van der Waals surface area contributed by atoms with Gasteiger partial charge in [-0.2, -0.15) is 0 Å². The van der Waals surface area contributed by atoms with Gasteiger partial charge in [-0.3, -0.25) is 14.9 Å². The van der Waals surface area contributed by atoms with Crippen molar-refractivity contribution < 1.29 is 14.3 Å². The van der Waals surface area contributed by atoms with Crippen LogP contribution in [0.2, 0.25) is 0 Å². The van der Waals surface area contributed by atoms with Gasteiger partial charge in [0.15, 0.2) is 0 Å². The van der Waals surface area contributed by atoms with Gasteiger partial charge in [0.2, 0.25) is 5.91 Å². The molecule has 176 valence electrons. The molecule has 5 heteroatoms. The van der Waals surface area contributed by atoms with Gasteiger partial charge in [0.25, 0.3) is 5.24 Å². The van der Waals surface area contributed by atoms with Crippen molar-refractivity contribution in [3.63, 3.8) is 0 Å². The minimum absolute atomic E-state index is 0.0260. The van der Waals surface area contributed by atoms with Crippen molar-refractivity contribution in [2.24, 2.45) is 0 Å². The van der Waals surface area contributed by atoms with E-state index in [-0.39, 0.29) is 33.3 Å². The molecule has 2 aromatic rings. The molecule has 4 nitrogen and oxygen atoms in total. The average molecular weight is 466 g/mol. The van der Waals surface area contributed by atoms with Gasteiger partial charge >= 0.3 is 0 Å². The molecule has 4 rings (SSSR count). The number of carbonyl (C=O) groups excluding carboxylic acids is 2. The predicted octanol–water partition coefficient (Wildman–Crippen LogP) is 6.69. The smallest absolute Gasteiger partial charge is 0.286 e. The van der Waals surface area contributed by atoms with Crippen LogP contribution < -0.4 is 10.1 Å². The summed E-state index contributed by atoms with van der Waals surface area (Å²) >= 11 is 1.07. The zero-order valence-electron chi connectivity index (χ0n) is 20.8. The highest BCUT2D eigenvalue weighted by Crippen LogP contribution is 2.48. The lowest BCUT2D eigenvalue weighted by atomic mass is 9.62. The molecular formula is C28H35NO3S. The Morgan fingerprint density at radius 3 is 2.21 bits per heavy atom. The van der Waals surface area contributed by atoms with Crippen LogP contribution in [0.1, 0.15) is 76.6 Å². The third-order valence-electron chi connectivity index (χ3n) is 7.08. The Morgan fingerprint density at radius 1 is 1.00 bits per heavy atom. The zero-order chi connectivity index (χ0) is 24.1. The Bertz CT molecular complexity index is 1120. The van der Waals surface area contributed by atoms with E-state index >= 15 is 0 Å². The molecule has 0 radical (unpaired) electrons. The fourth-order valence-corrected chi connectivity index (χ4v) is 5.88. The maximum atomic E-state index is 12.1. The van der Waals surface area contributed by atoms with Crippen molar-refractivity contribution in [3.05, 3.63) is 52.6 Å². The maximum absolute atomic E-state index is 12.1. The molecule has 0 spiro atoms. The summed E-state index contributed by atoms with van der Waals surface area (Å²) in [6, 6.07) is 11.0. The lowest BCUT2D eigenvalue weighted by Gasteiger charge is -2.42. The van der Waals surface area contributed by atoms with Crippen LogP contribution >= 0.6 is 11.8 Å². The monoisotopic (exact) mass is 465 g/mol. The van der Waals surface area contributed by atoms with Crippen LogP contribution in [-0.4, -0.2) is 22.5 Å². The normalized spacial score (nSPS) is 21.2. The van der Waals surface area contributed by atoms with Gasteiger partial charge in [0.05, 0.1) is 11.4 Å². The van der Waals surface area contributed by atoms with Crippen LogP contribution in [0.25, 0.3) is 11.1 Å². The molecule has 0 bridgehead atoms. The van der Waals surface area contributed by atoms with Crippen LogP contribution in [0, 0.1) is 6.92 Å². The van der Waals surface area contributed by atoms with Crippen molar-refractivity contribution >= 4 is 22.9 Å². The molecule has 1 N–H and O–H groups in total. The first-order valence-corrected chi connectivity index (χ1v) is 12.7. The van der Waals surface area contributed by atoms with Crippen LogP contribution in [0.5, 0.6) is 5.75 Å². The van der Waals surface area contributed by atoms with Crippen LogP contribution in [0.3, 0.4) is 0 Å². The summed E-state index contributed by atoms with van der Waals surface area (Å²) in [6.45, 7) is 15.6. The summed E-state index contributed by atoms with van der Waals surface area (Å²) in [5, 5.41) is 1.72. The second kappa shape index (κ2) is 8.50. The summed E-state index contributed by atoms with van der Waals surface area (Å²) < 4.78 is 6.27. The first kappa shape index (κ1) is 23.9. The average Bonchev–Trinajstić information content (AvgIpc) is 3.02. The molecule has 2 amide bonds. The molecule has 0 aromatic heterocycles. The van der Waals surface area contributed by atoms with E-state index in [0.29, 0.717) is 6.42 Å². The quantitative estimate of drug-likeness (QED) is 0.534. The molecule has 1 atom stereocenters. The minimum Gasteiger partial charge on any atom is -0.490 e. The highest BCUT2D eigenvalue weighted by Gasteiger charge is 2.38. The maximum Gasteiger partial charge on any atom is 0.286 e.